The van der Waals surface area contributed by atoms with E-state index in [1.807, 2.05) is 12.1 Å². The van der Waals surface area contributed by atoms with Crippen LogP contribution < -0.4 is 10.6 Å². The minimum Gasteiger partial charge on any atom is -0.465 e. The van der Waals surface area contributed by atoms with Crippen LogP contribution >= 0.6 is 0 Å². The van der Waals surface area contributed by atoms with Gasteiger partial charge in [0.1, 0.15) is 11.7 Å². The predicted molar refractivity (Wildman–Crippen MR) is 137 cm³/mol. The van der Waals surface area contributed by atoms with E-state index in [2.05, 4.69) is 25.8 Å². The van der Waals surface area contributed by atoms with Gasteiger partial charge < -0.3 is 15.7 Å². The van der Waals surface area contributed by atoms with E-state index >= 15 is 0 Å². The molecule has 0 aliphatic carbocycles. The summed E-state index contributed by atoms with van der Waals surface area (Å²) in [5.74, 6) is -0.0705. The molecule has 0 radical (unpaired) electrons. The number of nitrogens with one attached hydrogen (secondary N) is 2. The Bertz CT molecular complexity index is 1550. The van der Waals surface area contributed by atoms with Gasteiger partial charge in [0.2, 0.25) is 5.91 Å². The molecule has 0 bridgehead atoms. The fraction of sp³-hybridized carbons (Fsp3) is 0.346. The van der Waals surface area contributed by atoms with Crippen LogP contribution in [0.4, 0.5) is 23.7 Å². The molecule has 4 heterocycles. The van der Waals surface area contributed by atoms with Gasteiger partial charge in [-0.15, -0.1) is 10.2 Å². The summed E-state index contributed by atoms with van der Waals surface area (Å²) in [6.45, 7) is 3.60. The molecule has 4 aromatic rings. The number of amides is 2. The van der Waals surface area contributed by atoms with Crippen molar-refractivity contribution >= 4 is 34.2 Å². The molecule has 39 heavy (non-hydrogen) atoms. The predicted octanol–water partition coefficient (Wildman–Crippen LogP) is 4.48. The van der Waals surface area contributed by atoms with Crippen LogP contribution in [0.15, 0.2) is 48.7 Å². The van der Waals surface area contributed by atoms with E-state index in [1.165, 1.54) is 27.6 Å². The third kappa shape index (κ3) is 5.48. The van der Waals surface area contributed by atoms with Gasteiger partial charge in [-0.1, -0.05) is 32.0 Å². The molecule has 1 aliphatic heterocycles. The Morgan fingerprint density at radius 2 is 1.87 bits per heavy atom. The van der Waals surface area contributed by atoms with Gasteiger partial charge in [0.25, 0.3) is 0 Å². The van der Waals surface area contributed by atoms with Crippen molar-refractivity contribution in [1.82, 2.24) is 29.8 Å². The Labute approximate surface area is 220 Å². The number of carbonyl (C=O) groups is 2. The number of hydrogen-bond acceptors (Lipinski definition) is 6. The number of rotatable bonds is 6. The summed E-state index contributed by atoms with van der Waals surface area (Å²) in [7, 11) is 0. The second-order valence-corrected chi connectivity index (χ2v) is 9.84. The maximum absolute atomic E-state index is 14.3. The number of pyridine rings is 2. The molecule has 2 atom stereocenters. The monoisotopic (exact) mass is 541 g/mol. The van der Waals surface area contributed by atoms with E-state index in [9.17, 15) is 22.8 Å². The van der Waals surface area contributed by atoms with E-state index in [-0.39, 0.29) is 42.7 Å². The average Bonchev–Trinajstić information content (AvgIpc) is 3.49. The second kappa shape index (κ2) is 10.1. The van der Waals surface area contributed by atoms with E-state index in [0.717, 1.165) is 5.39 Å². The van der Waals surface area contributed by atoms with Gasteiger partial charge in [0, 0.05) is 42.3 Å². The summed E-state index contributed by atoms with van der Waals surface area (Å²) in [6, 6.07) is 9.15. The van der Waals surface area contributed by atoms with Gasteiger partial charge in [0.15, 0.2) is 11.5 Å². The second-order valence-electron chi connectivity index (χ2n) is 9.84. The van der Waals surface area contributed by atoms with Crippen molar-refractivity contribution in [2.24, 2.45) is 5.92 Å². The maximum atomic E-state index is 14.3. The standard InChI is InChI=1S/C26H26F3N7O3/c1-14(2)24(37)30-17-6-3-15-4-7-19(32-20(15)11-17)23-34-33-21-8-5-16(12-36(21)23)22(26(27,28)29)35-10-9-18(13-35)31-25(38)39/h3-8,11-12,14,18,22,31H,9-10,13H2,1-2H3,(H,30,37)(H,38,39)/t18-,22?/m0/s1. The van der Waals surface area contributed by atoms with E-state index in [0.29, 0.717) is 22.5 Å². The fourth-order valence-corrected chi connectivity index (χ4v) is 4.77. The molecule has 10 nitrogen and oxygen atoms in total. The van der Waals surface area contributed by atoms with E-state index in [1.54, 1.807) is 32.0 Å². The Balaban J connectivity index is 1.50. The van der Waals surface area contributed by atoms with Crippen molar-refractivity contribution in [3.63, 3.8) is 0 Å². The van der Waals surface area contributed by atoms with Gasteiger partial charge in [-0.25, -0.2) is 9.78 Å². The van der Waals surface area contributed by atoms with Crippen molar-refractivity contribution in [2.45, 2.75) is 38.5 Å². The number of carboxylic acid groups (broad SMARTS) is 1. The fourth-order valence-electron chi connectivity index (χ4n) is 4.77. The first kappa shape index (κ1) is 26.4. The molecule has 3 aromatic heterocycles. The minimum absolute atomic E-state index is 0.0218. The van der Waals surface area contributed by atoms with Crippen LogP contribution in [-0.2, 0) is 4.79 Å². The Kier molecular flexibility index (Phi) is 6.85. The van der Waals surface area contributed by atoms with Gasteiger partial charge in [-0.05, 0) is 36.2 Å². The van der Waals surface area contributed by atoms with Crippen LogP contribution in [0.5, 0.6) is 0 Å². The first-order valence-corrected chi connectivity index (χ1v) is 12.4. The van der Waals surface area contributed by atoms with Gasteiger partial charge in [-0.3, -0.25) is 14.1 Å². The molecule has 1 aromatic carbocycles. The number of likely N-dealkylation sites (tertiary alicyclic amines) is 1. The van der Waals surface area contributed by atoms with Crippen molar-refractivity contribution in [2.75, 3.05) is 18.4 Å². The number of anilines is 1. The molecule has 3 N–H and O–H groups in total. The lowest BCUT2D eigenvalue weighted by molar-refractivity contribution is -0.184. The summed E-state index contributed by atoms with van der Waals surface area (Å²) in [6.07, 6.45) is -4.23. The van der Waals surface area contributed by atoms with E-state index in [4.69, 9.17) is 5.11 Å². The maximum Gasteiger partial charge on any atom is 0.408 e. The number of halogens is 3. The molecule has 2 amide bonds. The lowest BCUT2D eigenvalue weighted by atomic mass is 10.1. The topological polar surface area (TPSA) is 125 Å². The average molecular weight is 542 g/mol. The summed E-state index contributed by atoms with van der Waals surface area (Å²) < 4.78 is 44.3. The van der Waals surface area contributed by atoms with Gasteiger partial charge >= 0.3 is 12.3 Å². The normalized spacial score (nSPS) is 17.1. The van der Waals surface area contributed by atoms with Crippen molar-refractivity contribution in [3.05, 3.63) is 54.2 Å². The number of aromatic nitrogens is 4. The zero-order chi connectivity index (χ0) is 27.9. The quantitative estimate of drug-likeness (QED) is 0.329. The van der Waals surface area contributed by atoms with Crippen LogP contribution in [0.1, 0.15) is 31.9 Å². The molecule has 13 heteroatoms. The number of fused-ring (bicyclic) bond motifs is 2. The number of nitrogens with zero attached hydrogens (tertiary/aromatic N) is 5. The Morgan fingerprint density at radius 3 is 2.59 bits per heavy atom. The van der Waals surface area contributed by atoms with Crippen molar-refractivity contribution in [1.29, 1.82) is 0 Å². The summed E-state index contributed by atoms with van der Waals surface area (Å²) in [4.78, 5) is 28.9. The van der Waals surface area contributed by atoms with Crippen molar-refractivity contribution in [3.8, 4) is 11.5 Å². The smallest absolute Gasteiger partial charge is 0.408 e. The molecular weight excluding hydrogens is 515 g/mol. The van der Waals surface area contributed by atoms with Crippen LogP contribution in [0.25, 0.3) is 28.1 Å². The molecule has 1 fully saturated rings. The molecule has 0 spiro atoms. The molecule has 1 unspecified atom stereocenters. The molecule has 0 saturated carbocycles. The Hall–Kier alpha value is -4.26. The molecule has 204 valence electrons. The summed E-state index contributed by atoms with van der Waals surface area (Å²) in [5, 5.41) is 23.2. The SMILES string of the molecule is CC(C)C(=O)Nc1ccc2ccc(-c3nnc4ccc(C(N5CC[C@H](NC(=O)O)C5)C(F)(F)F)cn34)nc2c1. The largest absolute Gasteiger partial charge is 0.465 e. The van der Waals surface area contributed by atoms with Gasteiger partial charge in [0.05, 0.1) is 5.52 Å². The summed E-state index contributed by atoms with van der Waals surface area (Å²) >= 11 is 0. The van der Waals surface area contributed by atoms with Crippen LogP contribution in [0.2, 0.25) is 0 Å². The number of alkyl halides is 3. The lowest BCUT2D eigenvalue weighted by Gasteiger charge is -2.30. The first-order valence-electron chi connectivity index (χ1n) is 12.4. The highest BCUT2D eigenvalue weighted by Gasteiger charge is 2.47. The number of hydrogen-bond donors (Lipinski definition) is 3. The van der Waals surface area contributed by atoms with Crippen LogP contribution in [-0.4, -0.2) is 66.9 Å². The molecular formula is C26H26F3N7O3. The third-order valence-corrected chi connectivity index (χ3v) is 6.68. The van der Waals surface area contributed by atoms with Gasteiger partial charge in [-0.2, -0.15) is 13.2 Å². The van der Waals surface area contributed by atoms with Crippen LogP contribution in [0.3, 0.4) is 0 Å². The van der Waals surface area contributed by atoms with E-state index < -0.39 is 24.4 Å². The number of carbonyl (C=O) groups excluding carboxylic acids is 1. The Morgan fingerprint density at radius 1 is 1.10 bits per heavy atom. The first-order chi connectivity index (χ1) is 18.5. The molecule has 5 rings (SSSR count). The highest BCUT2D eigenvalue weighted by molar-refractivity contribution is 5.94. The zero-order valence-corrected chi connectivity index (χ0v) is 21.1. The molecule has 1 saturated heterocycles. The summed E-state index contributed by atoms with van der Waals surface area (Å²) in [5.41, 5.74) is 1.88. The minimum atomic E-state index is -4.60. The molecule has 1 aliphatic rings. The zero-order valence-electron chi connectivity index (χ0n) is 21.1. The van der Waals surface area contributed by atoms with Crippen molar-refractivity contribution < 1.29 is 27.9 Å². The third-order valence-electron chi connectivity index (χ3n) is 6.68. The highest BCUT2D eigenvalue weighted by Crippen LogP contribution is 2.39. The number of benzene rings is 1. The van der Waals surface area contributed by atoms with Crippen LogP contribution in [0, 0.1) is 5.92 Å². The lowest BCUT2D eigenvalue weighted by Crippen LogP contribution is -2.40. The highest BCUT2D eigenvalue weighted by atomic mass is 19.4.